The zero-order chi connectivity index (χ0) is 14.2. The highest BCUT2D eigenvalue weighted by Gasteiger charge is 2.35. The van der Waals surface area contributed by atoms with Crippen LogP contribution in [0.1, 0.15) is 55.1 Å². The van der Waals surface area contributed by atoms with Crippen LogP contribution in [0.4, 0.5) is 0 Å². The molecule has 0 N–H and O–H groups in total. The summed E-state index contributed by atoms with van der Waals surface area (Å²) in [6.45, 7) is 5.99. The zero-order valence-electron chi connectivity index (χ0n) is 12.4. The molecule has 1 aromatic rings. The van der Waals surface area contributed by atoms with E-state index in [1.165, 1.54) is 5.56 Å². The molecule has 0 amide bonds. The van der Waals surface area contributed by atoms with Crippen LogP contribution in [0.2, 0.25) is 0 Å². The molecule has 1 aliphatic carbocycles. The molecule has 3 heteroatoms. The minimum Gasteiger partial charge on any atom is -0.496 e. The summed E-state index contributed by atoms with van der Waals surface area (Å²) < 4.78 is 10.9. The first kappa shape index (κ1) is 13.9. The number of benzene rings is 1. The fourth-order valence-corrected chi connectivity index (χ4v) is 3.20. The van der Waals surface area contributed by atoms with Gasteiger partial charge in [0, 0.05) is 6.07 Å². The minimum absolute atomic E-state index is 0.0175. The van der Waals surface area contributed by atoms with Gasteiger partial charge in [-0.25, -0.2) is 0 Å². The van der Waals surface area contributed by atoms with Gasteiger partial charge in [0.1, 0.15) is 11.5 Å². The molecule has 19 heavy (non-hydrogen) atoms. The number of hydrogen-bond acceptors (Lipinski definition) is 3. The Morgan fingerprint density at radius 1 is 1.21 bits per heavy atom. The Morgan fingerprint density at radius 3 is 2.37 bits per heavy atom. The fourth-order valence-electron chi connectivity index (χ4n) is 3.20. The number of ether oxygens (including phenoxy) is 2. The number of ketones is 1. The summed E-state index contributed by atoms with van der Waals surface area (Å²) in [6, 6.07) is 1.84. The van der Waals surface area contributed by atoms with Crippen LogP contribution in [0.5, 0.6) is 11.5 Å². The summed E-state index contributed by atoms with van der Waals surface area (Å²) in [7, 11) is 3.27. The molecule has 104 valence electrons. The van der Waals surface area contributed by atoms with Crippen molar-refractivity contribution in [3.63, 3.8) is 0 Å². The number of hydrogen-bond donors (Lipinski definition) is 0. The van der Waals surface area contributed by atoms with Crippen molar-refractivity contribution in [3.8, 4) is 11.5 Å². The smallest absolute Gasteiger partial charge is 0.163 e. The van der Waals surface area contributed by atoms with Gasteiger partial charge in [0.25, 0.3) is 0 Å². The van der Waals surface area contributed by atoms with Gasteiger partial charge in [0.05, 0.1) is 19.8 Å². The molecule has 0 atom stereocenters. The highest BCUT2D eigenvalue weighted by atomic mass is 16.5. The van der Waals surface area contributed by atoms with Crippen LogP contribution >= 0.6 is 0 Å². The van der Waals surface area contributed by atoms with Crippen molar-refractivity contribution in [2.75, 3.05) is 14.2 Å². The predicted molar refractivity (Wildman–Crippen MR) is 75.5 cm³/mol. The standard InChI is InChI=1S/C16H22O3/c1-10(17)14-13(19-5)9-12(18-4)11-7-6-8-16(2,3)15(11)14/h9H,6-8H2,1-5H3. The summed E-state index contributed by atoms with van der Waals surface area (Å²) in [5.41, 5.74) is 2.99. The van der Waals surface area contributed by atoms with Crippen LogP contribution in [-0.2, 0) is 11.8 Å². The monoisotopic (exact) mass is 262 g/mol. The third kappa shape index (κ3) is 2.22. The molecule has 0 spiro atoms. The first-order valence-electron chi connectivity index (χ1n) is 6.71. The maximum atomic E-state index is 12.1. The molecule has 1 aliphatic rings. The molecule has 0 bridgehead atoms. The Bertz CT molecular complexity index is 515. The lowest BCUT2D eigenvalue weighted by molar-refractivity contribution is 0.101. The first-order chi connectivity index (χ1) is 8.92. The van der Waals surface area contributed by atoms with Gasteiger partial charge in [-0.3, -0.25) is 4.79 Å². The van der Waals surface area contributed by atoms with E-state index in [1.807, 2.05) is 6.07 Å². The minimum atomic E-state index is -0.0175. The second kappa shape index (κ2) is 4.87. The van der Waals surface area contributed by atoms with Crippen molar-refractivity contribution >= 4 is 5.78 Å². The number of carbonyl (C=O) groups excluding carboxylic acids is 1. The molecule has 0 aromatic heterocycles. The molecular formula is C16H22O3. The van der Waals surface area contributed by atoms with Gasteiger partial charge in [-0.2, -0.15) is 0 Å². The van der Waals surface area contributed by atoms with Crippen molar-refractivity contribution in [1.29, 1.82) is 0 Å². The molecule has 0 aliphatic heterocycles. The van der Waals surface area contributed by atoms with Crippen LogP contribution in [0.3, 0.4) is 0 Å². The van der Waals surface area contributed by atoms with Gasteiger partial charge in [0.15, 0.2) is 5.78 Å². The van der Waals surface area contributed by atoms with Gasteiger partial charge in [-0.05, 0) is 42.7 Å². The van der Waals surface area contributed by atoms with E-state index in [1.54, 1.807) is 21.1 Å². The number of carbonyl (C=O) groups is 1. The third-order valence-electron chi connectivity index (χ3n) is 4.06. The third-order valence-corrected chi connectivity index (χ3v) is 4.06. The quantitative estimate of drug-likeness (QED) is 0.782. The SMILES string of the molecule is COc1cc(OC)c(C(C)=O)c2c1CCCC2(C)C. The number of Topliss-reactive ketones (excluding diaryl/α,β-unsaturated/α-hetero) is 1. The summed E-state index contributed by atoms with van der Waals surface area (Å²) in [5, 5.41) is 0. The fraction of sp³-hybridized carbons (Fsp3) is 0.562. The van der Waals surface area contributed by atoms with Gasteiger partial charge in [-0.15, -0.1) is 0 Å². The average molecular weight is 262 g/mol. The van der Waals surface area contributed by atoms with Crippen LogP contribution in [-0.4, -0.2) is 20.0 Å². The molecule has 1 aromatic carbocycles. The van der Waals surface area contributed by atoms with E-state index in [0.29, 0.717) is 5.75 Å². The summed E-state index contributed by atoms with van der Waals surface area (Å²) in [4.78, 5) is 12.1. The number of methoxy groups -OCH3 is 2. The van der Waals surface area contributed by atoms with Gasteiger partial charge >= 0.3 is 0 Å². The molecule has 0 unspecified atom stereocenters. The molecule has 2 rings (SSSR count). The molecule has 0 fully saturated rings. The second-order valence-electron chi connectivity index (χ2n) is 5.80. The van der Waals surface area contributed by atoms with E-state index in [4.69, 9.17) is 9.47 Å². The van der Waals surface area contributed by atoms with Gasteiger partial charge in [0.2, 0.25) is 0 Å². The van der Waals surface area contributed by atoms with E-state index in [-0.39, 0.29) is 11.2 Å². The van der Waals surface area contributed by atoms with Crippen molar-refractivity contribution < 1.29 is 14.3 Å². The van der Waals surface area contributed by atoms with Crippen LogP contribution in [0, 0.1) is 0 Å². The van der Waals surface area contributed by atoms with Crippen LogP contribution in [0.15, 0.2) is 6.07 Å². The van der Waals surface area contributed by atoms with Crippen molar-refractivity contribution in [2.24, 2.45) is 0 Å². The number of fused-ring (bicyclic) bond motifs is 1. The van der Waals surface area contributed by atoms with Gasteiger partial charge in [-0.1, -0.05) is 13.8 Å². The van der Waals surface area contributed by atoms with Crippen molar-refractivity contribution in [3.05, 3.63) is 22.8 Å². The first-order valence-corrected chi connectivity index (χ1v) is 6.71. The zero-order valence-corrected chi connectivity index (χ0v) is 12.4. The molecule has 0 radical (unpaired) electrons. The average Bonchev–Trinajstić information content (AvgIpc) is 2.36. The molecule has 0 saturated heterocycles. The second-order valence-corrected chi connectivity index (χ2v) is 5.80. The summed E-state index contributed by atoms with van der Waals surface area (Å²) in [5.74, 6) is 1.52. The maximum Gasteiger partial charge on any atom is 0.163 e. The van der Waals surface area contributed by atoms with Crippen molar-refractivity contribution in [1.82, 2.24) is 0 Å². The Balaban J connectivity index is 2.83. The Labute approximate surface area is 114 Å². The van der Waals surface area contributed by atoms with E-state index in [0.717, 1.165) is 36.1 Å². The molecule has 0 saturated carbocycles. The van der Waals surface area contributed by atoms with Crippen molar-refractivity contribution in [2.45, 2.75) is 45.4 Å². The highest BCUT2D eigenvalue weighted by Crippen LogP contribution is 2.46. The van der Waals surface area contributed by atoms with E-state index in [2.05, 4.69) is 13.8 Å². The van der Waals surface area contributed by atoms with E-state index >= 15 is 0 Å². The lowest BCUT2D eigenvalue weighted by atomic mass is 9.70. The Morgan fingerprint density at radius 2 is 1.84 bits per heavy atom. The largest absolute Gasteiger partial charge is 0.496 e. The Kier molecular flexibility index (Phi) is 3.57. The van der Waals surface area contributed by atoms with E-state index < -0.39 is 0 Å². The highest BCUT2D eigenvalue weighted by molar-refractivity contribution is 5.99. The molecule has 3 nitrogen and oxygen atoms in total. The molecule has 0 heterocycles. The number of rotatable bonds is 3. The van der Waals surface area contributed by atoms with E-state index in [9.17, 15) is 4.79 Å². The summed E-state index contributed by atoms with van der Waals surface area (Å²) >= 11 is 0. The summed E-state index contributed by atoms with van der Waals surface area (Å²) in [6.07, 6.45) is 3.17. The lowest BCUT2D eigenvalue weighted by Gasteiger charge is -2.35. The molecular weight excluding hydrogens is 240 g/mol. The van der Waals surface area contributed by atoms with Crippen LogP contribution in [0.25, 0.3) is 0 Å². The van der Waals surface area contributed by atoms with Crippen LogP contribution < -0.4 is 9.47 Å². The topological polar surface area (TPSA) is 35.5 Å². The maximum absolute atomic E-state index is 12.1. The predicted octanol–water partition coefficient (Wildman–Crippen LogP) is 3.52. The lowest BCUT2D eigenvalue weighted by Crippen LogP contribution is -2.27. The van der Waals surface area contributed by atoms with Gasteiger partial charge < -0.3 is 9.47 Å². The Hall–Kier alpha value is -1.51. The normalized spacial score (nSPS) is 16.7.